The molecule has 1 saturated carbocycles. The van der Waals surface area contributed by atoms with Gasteiger partial charge in [-0.2, -0.15) is 0 Å². The molecule has 6 heteroatoms. The van der Waals surface area contributed by atoms with E-state index < -0.39 is 0 Å². The van der Waals surface area contributed by atoms with E-state index in [-0.39, 0.29) is 18.4 Å². The van der Waals surface area contributed by atoms with Gasteiger partial charge in [0.2, 0.25) is 11.8 Å². The average molecular weight is 496 g/mol. The molecule has 2 aromatic rings. The largest absolute Gasteiger partial charge is 0.332 e. The van der Waals surface area contributed by atoms with Gasteiger partial charge < -0.3 is 14.7 Å². The number of rotatable bonds is 12. The highest BCUT2D eigenvalue weighted by Crippen LogP contribution is 2.28. The Bertz CT molecular complexity index is 932. The van der Waals surface area contributed by atoms with E-state index in [1.165, 1.54) is 49.0 Å². The number of carbonyl (C=O) groups is 2. The maximum absolute atomic E-state index is 13.7. The van der Waals surface area contributed by atoms with Gasteiger partial charge in [0.25, 0.3) is 0 Å². The van der Waals surface area contributed by atoms with E-state index in [2.05, 4.69) is 35.4 Å². The molecule has 1 aliphatic heterocycles. The van der Waals surface area contributed by atoms with Gasteiger partial charge in [0.15, 0.2) is 0 Å². The number of amides is 2. The second-order valence-corrected chi connectivity index (χ2v) is 11.3. The standard InChI is InChI=1S/C29H41N3O2S/c1-24-15-20-35-27(24)22-32(21-26-11-3-2-4-12-26)29(34)23-31(19-18-30-16-7-8-17-30)28(33)14-13-25-9-5-6-10-25/h2-4,11-12,15,20,25H,5-10,13-14,16-19,21-23H2,1H3. The minimum atomic E-state index is 0.0392. The van der Waals surface area contributed by atoms with Gasteiger partial charge in [-0.15, -0.1) is 11.3 Å². The Labute approximate surface area is 215 Å². The van der Waals surface area contributed by atoms with Gasteiger partial charge in [-0.3, -0.25) is 9.59 Å². The molecule has 0 spiro atoms. The molecule has 2 amide bonds. The van der Waals surface area contributed by atoms with Crippen molar-refractivity contribution in [3.8, 4) is 0 Å². The Balaban J connectivity index is 1.43. The molecule has 0 atom stereocenters. The lowest BCUT2D eigenvalue weighted by Crippen LogP contribution is -2.45. The van der Waals surface area contributed by atoms with Crippen LogP contribution in [-0.4, -0.2) is 59.2 Å². The third kappa shape index (κ3) is 7.91. The van der Waals surface area contributed by atoms with Crippen LogP contribution in [0.25, 0.3) is 0 Å². The van der Waals surface area contributed by atoms with E-state index >= 15 is 0 Å². The molecule has 1 aromatic carbocycles. The summed E-state index contributed by atoms with van der Waals surface area (Å²) in [5.41, 5.74) is 2.34. The zero-order valence-electron chi connectivity index (χ0n) is 21.3. The molecule has 2 fully saturated rings. The number of carbonyl (C=O) groups excluding carboxylic acids is 2. The average Bonchev–Trinajstić information content (AvgIpc) is 3.65. The molecule has 190 valence electrons. The Morgan fingerprint density at radius 3 is 2.37 bits per heavy atom. The molecule has 2 aliphatic rings. The highest BCUT2D eigenvalue weighted by atomic mass is 32.1. The molecule has 2 heterocycles. The lowest BCUT2D eigenvalue weighted by atomic mass is 10.0. The summed E-state index contributed by atoms with van der Waals surface area (Å²) < 4.78 is 0. The van der Waals surface area contributed by atoms with Gasteiger partial charge >= 0.3 is 0 Å². The van der Waals surface area contributed by atoms with Gasteiger partial charge in [-0.25, -0.2) is 0 Å². The molecule has 4 rings (SSSR count). The minimum Gasteiger partial charge on any atom is -0.332 e. The first-order chi connectivity index (χ1) is 17.1. The Morgan fingerprint density at radius 2 is 1.69 bits per heavy atom. The third-order valence-corrected chi connectivity index (χ3v) is 8.68. The molecule has 1 aromatic heterocycles. The number of aryl methyl sites for hydroxylation is 1. The van der Waals surface area contributed by atoms with Crippen molar-refractivity contribution in [1.82, 2.24) is 14.7 Å². The van der Waals surface area contributed by atoms with Crippen molar-refractivity contribution in [2.75, 3.05) is 32.7 Å². The highest BCUT2D eigenvalue weighted by molar-refractivity contribution is 7.10. The van der Waals surface area contributed by atoms with Crippen molar-refractivity contribution in [3.63, 3.8) is 0 Å². The predicted molar refractivity (Wildman–Crippen MR) is 143 cm³/mol. The lowest BCUT2D eigenvalue weighted by Gasteiger charge is -2.29. The van der Waals surface area contributed by atoms with E-state index in [1.54, 1.807) is 11.3 Å². The van der Waals surface area contributed by atoms with Crippen LogP contribution in [0, 0.1) is 12.8 Å². The van der Waals surface area contributed by atoms with Crippen LogP contribution in [0.1, 0.15) is 67.4 Å². The molecular formula is C29H41N3O2S. The van der Waals surface area contributed by atoms with Crippen molar-refractivity contribution < 1.29 is 9.59 Å². The van der Waals surface area contributed by atoms with E-state index in [1.807, 2.05) is 28.0 Å². The van der Waals surface area contributed by atoms with Crippen LogP contribution in [0.3, 0.4) is 0 Å². The smallest absolute Gasteiger partial charge is 0.242 e. The molecule has 0 N–H and O–H groups in total. The molecule has 35 heavy (non-hydrogen) atoms. The van der Waals surface area contributed by atoms with Gasteiger partial charge in [0, 0.05) is 30.9 Å². The van der Waals surface area contributed by atoms with Crippen molar-refractivity contribution in [3.05, 3.63) is 57.8 Å². The summed E-state index contributed by atoms with van der Waals surface area (Å²) in [6, 6.07) is 12.3. The Morgan fingerprint density at radius 1 is 0.943 bits per heavy atom. The number of hydrogen-bond donors (Lipinski definition) is 0. The van der Waals surface area contributed by atoms with E-state index in [9.17, 15) is 9.59 Å². The normalized spacial score (nSPS) is 16.6. The second kappa shape index (κ2) is 13.2. The van der Waals surface area contributed by atoms with Crippen molar-refractivity contribution >= 4 is 23.2 Å². The maximum atomic E-state index is 13.7. The topological polar surface area (TPSA) is 43.9 Å². The van der Waals surface area contributed by atoms with Crippen LogP contribution < -0.4 is 0 Å². The van der Waals surface area contributed by atoms with Gasteiger partial charge in [0.1, 0.15) is 0 Å². The number of likely N-dealkylation sites (tertiary alicyclic amines) is 1. The van der Waals surface area contributed by atoms with Crippen molar-refractivity contribution in [2.45, 2.75) is 71.4 Å². The maximum Gasteiger partial charge on any atom is 0.242 e. The van der Waals surface area contributed by atoms with Crippen molar-refractivity contribution in [1.29, 1.82) is 0 Å². The molecule has 0 unspecified atom stereocenters. The molecule has 0 radical (unpaired) electrons. The summed E-state index contributed by atoms with van der Waals surface area (Å²) >= 11 is 1.70. The molecule has 5 nitrogen and oxygen atoms in total. The van der Waals surface area contributed by atoms with Crippen LogP contribution in [-0.2, 0) is 22.7 Å². The zero-order valence-corrected chi connectivity index (χ0v) is 22.1. The first-order valence-electron chi connectivity index (χ1n) is 13.4. The third-order valence-electron chi connectivity index (χ3n) is 7.68. The fourth-order valence-electron chi connectivity index (χ4n) is 5.38. The van der Waals surface area contributed by atoms with Crippen LogP contribution >= 0.6 is 11.3 Å². The van der Waals surface area contributed by atoms with E-state index in [4.69, 9.17) is 0 Å². The summed E-state index contributed by atoms with van der Waals surface area (Å²) in [7, 11) is 0. The van der Waals surface area contributed by atoms with Gasteiger partial charge in [-0.1, -0.05) is 56.0 Å². The quantitative estimate of drug-likeness (QED) is 0.392. The summed E-state index contributed by atoms with van der Waals surface area (Å²) in [5.74, 6) is 0.875. The summed E-state index contributed by atoms with van der Waals surface area (Å²) in [5, 5.41) is 2.09. The number of nitrogens with zero attached hydrogens (tertiary/aromatic N) is 3. The predicted octanol–water partition coefficient (Wildman–Crippen LogP) is 5.48. The summed E-state index contributed by atoms with van der Waals surface area (Å²) in [6.45, 7) is 7.16. The van der Waals surface area contributed by atoms with Crippen LogP contribution in [0.2, 0.25) is 0 Å². The molecule has 0 bridgehead atoms. The zero-order chi connectivity index (χ0) is 24.5. The number of hydrogen-bond acceptors (Lipinski definition) is 4. The SMILES string of the molecule is Cc1ccsc1CN(Cc1ccccc1)C(=O)CN(CCN1CCCC1)C(=O)CCC1CCCC1. The Hall–Kier alpha value is -2.18. The van der Waals surface area contributed by atoms with Crippen LogP contribution in [0.5, 0.6) is 0 Å². The number of thiophene rings is 1. The summed E-state index contributed by atoms with van der Waals surface area (Å²) in [4.78, 5) is 34.4. The van der Waals surface area contributed by atoms with Crippen molar-refractivity contribution in [2.24, 2.45) is 5.92 Å². The lowest BCUT2D eigenvalue weighted by molar-refractivity contribution is -0.141. The molecule has 1 aliphatic carbocycles. The second-order valence-electron chi connectivity index (χ2n) is 10.3. The van der Waals surface area contributed by atoms with Gasteiger partial charge in [-0.05, 0) is 67.8 Å². The monoisotopic (exact) mass is 495 g/mol. The van der Waals surface area contributed by atoms with Crippen LogP contribution in [0.4, 0.5) is 0 Å². The minimum absolute atomic E-state index is 0.0392. The number of benzene rings is 1. The fourth-order valence-corrected chi connectivity index (χ4v) is 6.30. The molecule has 1 saturated heterocycles. The van der Waals surface area contributed by atoms with E-state index in [0.29, 0.717) is 32.0 Å². The van der Waals surface area contributed by atoms with Crippen LogP contribution in [0.15, 0.2) is 41.8 Å². The van der Waals surface area contributed by atoms with E-state index in [0.717, 1.165) is 31.6 Å². The first-order valence-corrected chi connectivity index (χ1v) is 14.3. The Kier molecular flexibility index (Phi) is 9.78. The first kappa shape index (κ1) is 25.9. The fraction of sp³-hybridized carbons (Fsp3) is 0.586. The summed E-state index contributed by atoms with van der Waals surface area (Å²) in [6.07, 6.45) is 9.12. The van der Waals surface area contributed by atoms with Gasteiger partial charge in [0.05, 0.1) is 13.1 Å². The molecular weight excluding hydrogens is 454 g/mol. The highest BCUT2D eigenvalue weighted by Gasteiger charge is 2.25.